The number of amides is 1. The summed E-state index contributed by atoms with van der Waals surface area (Å²) in [5.41, 5.74) is 1.94. The first-order valence-electron chi connectivity index (χ1n) is 7.70. The third-order valence-electron chi connectivity index (χ3n) is 3.35. The third-order valence-corrected chi connectivity index (χ3v) is 4.28. The highest BCUT2D eigenvalue weighted by molar-refractivity contribution is 7.99. The van der Waals surface area contributed by atoms with Gasteiger partial charge in [-0.1, -0.05) is 37.9 Å². The maximum atomic E-state index is 11.8. The summed E-state index contributed by atoms with van der Waals surface area (Å²) in [7, 11) is 0. The zero-order chi connectivity index (χ0) is 15.9. The van der Waals surface area contributed by atoms with E-state index < -0.39 is 0 Å². The van der Waals surface area contributed by atoms with E-state index in [9.17, 15) is 4.79 Å². The second kappa shape index (κ2) is 8.12. The van der Waals surface area contributed by atoms with E-state index in [4.69, 9.17) is 0 Å². The summed E-state index contributed by atoms with van der Waals surface area (Å²) >= 11 is 1.39. The van der Waals surface area contributed by atoms with Gasteiger partial charge in [0.1, 0.15) is 0 Å². The van der Waals surface area contributed by atoms with Crippen LogP contribution >= 0.6 is 11.8 Å². The summed E-state index contributed by atoms with van der Waals surface area (Å²) in [6.45, 7) is 6.85. The fourth-order valence-corrected chi connectivity index (χ4v) is 3.07. The second-order valence-electron chi connectivity index (χ2n) is 5.36. The van der Waals surface area contributed by atoms with Crippen molar-refractivity contribution in [2.45, 2.75) is 51.6 Å². The SMILES string of the molecule is CCCCCCNC(=O)CSc1nnc2nc(C)cc(C)n12. The minimum Gasteiger partial charge on any atom is -0.355 e. The van der Waals surface area contributed by atoms with Crippen molar-refractivity contribution in [2.24, 2.45) is 0 Å². The molecule has 1 amide bonds. The lowest BCUT2D eigenvalue weighted by atomic mass is 10.2. The van der Waals surface area contributed by atoms with Crippen LogP contribution in [-0.2, 0) is 4.79 Å². The molecule has 120 valence electrons. The standard InChI is InChI=1S/C15H23N5OS/c1-4-5-6-7-8-16-13(21)10-22-15-19-18-14-17-11(2)9-12(3)20(14)15/h9H,4-8,10H2,1-3H3,(H,16,21). The molecule has 1 N–H and O–H groups in total. The van der Waals surface area contributed by atoms with Gasteiger partial charge in [-0.25, -0.2) is 4.98 Å². The summed E-state index contributed by atoms with van der Waals surface area (Å²) in [5.74, 6) is 0.970. The molecular weight excluding hydrogens is 298 g/mol. The van der Waals surface area contributed by atoms with Crippen LogP contribution < -0.4 is 5.32 Å². The van der Waals surface area contributed by atoms with Gasteiger partial charge in [0.05, 0.1) is 5.75 Å². The largest absolute Gasteiger partial charge is 0.355 e. The highest BCUT2D eigenvalue weighted by Crippen LogP contribution is 2.18. The lowest BCUT2D eigenvalue weighted by Gasteiger charge is -2.05. The normalized spacial score (nSPS) is 11.0. The number of fused-ring (bicyclic) bond motifs is 1. The molecular formula is C15H23N5OS. The predicted octanol–water partition coefficient (Wildman–Crippen LogP) is 2.53. The van der Waals surface area contributed by atoms with Gasteiger partial charge >= 0.3 is 0 Å². The molecule has 0 fully saturated rings. The Balaban J connectivity index is 1.85. The number of hydrogen-bond acceptors (Lipinski definition) is 5. The van der Waals surface area contributed by atoms with Gasteiger partial charge in [-0.15, -0.1) is 10.2 Å². The molecule has 6 nitrogen and oxygen atoms in total. The quantitative estimate of drug-likeness (QED) is 0.597. The lowest BCUT2D eigenvalue weighted by Crippen LogP contribution is -2.26. The van der Waals surface area contributed by atoms with E-state index >= 15 is 0 Å². The fraction of sp³-hybridized carbons (Fsp3) is 0.600. The number of nitrogens with zero attached hydrogens (tertiary/aromatic N) is 4. The van der Waals surface area contributed by atoms with Crippen LogP contribution in [0.25, 0.3) is 5.78 Å². The van der Waals surface area contributed by atoms with Crippen molar-refractivity contribution in [3.63, 3.8) is 0 Å². The summed E-state index contributed by atoms with van der Waals surface area (Å²) in [6, 6.07) is 1.98. The van der Waals surface area contributed by atoms with Crippen molar-refractivity contribution in [2.75, 3.05) is 12.3 Å². The van der Waals surface area contributed by atoms with Crippen molar-refractivity contribution in [3.05, 3.63) is 17.5 Å². The number of carbonyl (C=O) groups excluding carboxylic acids is 1. The molecule has 22 heavy (non-hydrogen) atoms. The van der Waals surface area contributed by atoms with Crippen LogP contribution in [0.4, 0.5) is 0 Å². The average Bonchev–Trinajstić information content (AvgIpc) is 2.88. The Labute approximate surface area is 135 Å². The first kappa shape index (κ1) is 16.7. The van der Waals surface area contributed by atoms with E-state index in [0.29, 0.717) is 16.7 Å². The molecule has 0 aromatic carbocycles. The summed E-state index contributed by atoms with van der Waals surface area (Å²) < 4.78 is 1.88. The zero-order valence-electron chi connectivity index (χ0n) is 13.4. The van der Waals surface area contributed by atoms with Crippen molar-refractivity contribution in [3.8, 4) is 0 Å². The van der Waals surface area contributed by atoms with Crippen LogP contribution in [-0.4, -0.2) is 37.8 Å². The molecule has 2 aromatic heterocycles. The summed E-state index contributed by atoms with van der Waals surface area (Å²) in [5, 5.41) is 11.8. The van der Waals surface area contributed by atoms with E-state index in [1.54, 1.807) is 0 Å². The maximum Gasteiger partial charge on any atom is 0.256 e. The van der Waals surface area contributed by atoms with Gasteiger partial charge in [-0.3, -0.25) is 9.20 Å². The monoisotopic (exact) mass is 321 g/mol. The number of unbranched alkanes of at least 4 members (excludes halogenated alkanes) is 3. The fourth-order valence-electron chi connectivity index (χ4n) is 2.25. The van der Waals surface area contributed by atoms with Gasteiger partial charge in [0, 0.05) is 17.9 Å². The van der Waals surface area contributed by atoms with E-state index in [-0.39, 0.29) is 5.91 Å². The summed E-state index contributed by atoms with van der Waals surface area (Å²) in [6.07, 6.45) is 4.64. The number of nitrogens with one attached hydrogen (secondary N) is 1. The van der Waals surface area contributed by atoms with E-state index in [1.165, 1.54) is 31.0 Å². The van der Waals surface area contributed by atoms with Gasteiger partial charge < -0.3 is 5.32 Å². The van der Waals surface area contributed by atoms with Gasteiger partial charge in [0.2, 0.25) is 5.91 Å². The van der Waals surface area contributed by atoms with Crippen molar-refractivity contribution >= 4 is 23.4 Å². The predicted molar refractivity (Wildman–Crippen MR) is 88.1 cm³/mol. The van der Waals surface area contributed by atoms with Gasteiger partial charge in [-0.05, 0) is 26.3 Å². The Morgan fingerprint density at radius 3 is 2.86 bits per heavy atom. The molecule has 0 spiro atoms. The Bertz CT molecular complexity index is 640. The molecule has 0 aliphatic heterocycles. The molecule has 7 heteroatoms. The van der Waals surface area contributed by atoms with Crippen LogP contribution in [0.1, 0.15) is 44.0 Å². The highest BCUT2D eigenvalue weighted by Gasteiger charge is 2.11. The number of rotatable bonds is 8. The Kier molecular flexibility index (Phi) is 6.18. The van der Waals surface area contributed by atoms with Gasteiger partial charge in [-0.2, -0.15) is 0 Å². The topological polar surface area (TPSA) is 72.2 Å². The highest BCUT2D eigenvalue weighted by atomic mass is 32.2. The van der Waals surface area contributed by atoms with Crippen molar-refractivity contribution < 1.29 is 4.79 Å². The molecule has 0 radical (unpaired) electrons. The van der Waals surface area contributed by atoms with Crippen LogP contribution in [0, 0.1) is 13.8 Å². The number of aryl methyl sites for hydroxylation is 2. The molecule has 2 rings (SSSR count). The minimum absolute atomic E-state index is 0.0379. The van der Waals surface area contributed by atoms with Crippen LogP contribution in [0.3, 0.4) is 0 Å². The molecule has 0 atom stereocenters. The van der Waals surface area contributed by atoms with Crippen molar-refractivity contribution in [1.82, 2.24) is 24.9 Å². The number of carbonyl (C=O) groups is 1. The van der Waals surface area contributed by atoms with Crippen LogP contribution in [0.15, 0.2) is 11.2 Å². The van der Waals surface area contributed by atoms with E-state index in [1.807, 2.05) is 24.3 Å². The molecule has 0 saturated heterocycles. The number of aromatic nitrogens is 4. The first-order valence-corrected chi connectivity index (χ1v) is 8.69. The molecule has 0 bridgehead atoms. The molecule has 0 aliphatic carbocycles. The first-order chi connectivity index (χ1) is 10.6. The van der Waals surface area contributed by atoms with Crippen LogP contribution in [0.5, 0.6) is 0 Å². The molecule has 2 aromatic rings. The minimum atomic E-state index is 0.0379. The molecule has 0 saturated carbocycles. The van der Waals surface area contributed by atoms with Crippen LogP contribution in [0.2, 0.25) is 0 Å². The molecule has 0 unspecified atom stereocenters. The van der Waals surface area contributed by atoms with Crippen molar-refractivity contribution in [1.29, 1.82) is 0 Å². The molecule has 2 heterocycles. The zero-order valence-corrected chi connectivity index (χ0v) is 14.2. The van der Waals surface area contributed by atoms with Gasteiger partial charge in [0.25, 0.3) is 5.78 Å². The Morgan fingerprint density at radius 2 is 2.09 bits per heavy atom. The molecule has 0 aliphatic rings. The van der Waals surface area contributed by atoms with E-state index in [2.05, 4.69) is 27.4 Å². The van der Waals surface area contributed by atoms with Gasteiger partial charge in [0.15, 0.2) is 5.16 Å². The van der Waals surface area contributed by atoms with E-state index in [0.717, 1.165) is 24.4 Å². The second-order valence-corrected chi connectivity index (χ2v) is 6.30. The summed E-state index contributed by atoms with van der Waals surface area (Å²) in [4.78, 5) is 16.2. The smallest absolute Gasteiger partial charge is 0.256 e. The average molecular weight is 321 g/mol. The maximum absolute atomic E-state index is 11.8. The lowest BCUT2D eigenvalue weighted by molar-refractivity contribution is -0.118. The third kappa shape index (κ3) is 4.43. The number of hydrogen-bond donors (Lipinski definition) is 1. The Hall–Kier alpha value is -1.63. The Morgan fingerprint density at radius 1 is 1.27 bits per heavy atom. The number of thioether (sulfide) groups is 1.